The van der Waals surface area contributed by atoms with Gasteiger partial charge >= 0.3 is 0 Å². The van der Waals surface area contributed by atoms with Gasteiger partial charge in [-0.05, 0) is 43.7 Å². The van der Waals surface area contributed by atoms with Gasteiger partial charge in [-0.25, -0.2) is 14.4 Å². The molecule has 5 nitrogen and oxygen atoms in total. The van der Waals surface area contributed by atoms with Crippen LogP contribution in [0, 0.1) is 19.7 Å². The molecule has 0 aliphatic heterocycles. The van der Waals surface area contributed by atoms with Crippen molar-refractivity contribution in [1.82, 2.24) is 15.0 Å². The molecule has 0 unspecified atom stereocenters. The fourth-order valence-electron chi connectivity index (χ4n) is 2.73. The van der Waals surface area contributed by atoms with Crippen molar-refractivity contribution in [1.29, 1.82) is 0 Å². The number of aromatic amines is 1. The third-order valence-electron chi connectivity index (χ3n) is 3.96. The molecule has 0 amide bonds. The standard InChI is InChI=1S/C18H14FN3O2/c1-9-5-12-14(7-15(9)23)20-8-21-18(12)24-16-4-3-13-11(17(16)19)6-10(2)22-13/h3-8,22-23H,1-2H3. The second kappa shape index (κ2) is 5.19. The first-order valence-electron chi connectivity index (χ1n) is 7.43. The van der Waals surface area contributed by atoms with Gasteiger partial charge in [0.1, 0.15) is 12.1 Å². The molecule has 2 aromatic carbocycles. The summed E-state index contributed by atoms with van der Waals surface area (Å²) >= 11 is 0. The van der Waals surface area contributed by atoms with E-state index < -0.39 is 5.82 Å². The molecular weight excluding hydrogens is 309 g/mol. The molecule has 0 radical (unpaired) electrons. The number of hydrogen-bond acceptors (Lipinski definition) is 4. The van der Waals surface area contributed by atoms with Crippen molar-refractivity contribution in [3.63, 3.8) is 0 Å². The van der Waals surface area contributed by atoms with E-state index in [0.29, 0.717) is 27.4 Å². The first-order chi connectivity index (χ1) is 11.5. The molecule has 6 heteroatoms. The van der Waals surface area contributed by atoms with Gasteiger partial charge in [-0.15, -0.1) is 0 Å². The summed E-state index contributed by atoms with van der Waals surface area (Å²) in [5.41, 5.74) is 2.78. The molecule has 24 heavy (non-hydrogen) atoms. The number of hydrogen-bond donors (Lipinski definition) is 2. The lowest BCUT2D eigenvalue weighted by Gasteiger charge is -2.09. The summed E-state index contributed by atoms with van der Waals surface area (Å²) in [6.07, 6.45) is 1.32. The van der Waals surface area contributed by atoms with E-state index in [1.54, 1.807) is 31.2 Å². The summed E-state index contributed by atoms with van der Waals surface area (Å²) in [5, 5.41) is 10.9. The number of halogens is 1. The number of ether oxygens (including phenoxy) is 1. The van der Waals surface area contributed by atoms with E-state index >= 15 is 0 Å². The van der Waals surface area contributed by atoms with Crippen molar-refractivity contribution in [2.45, 2.75) is 13.8 Å². The van der Waals surface area contributed by atoms with Crippen LogP contribution in [-0.4, -0.2) is 20.1 Å². The van der Waals surface area contributed by atoms with Gasteiger partial charge in [0.15, 0.2) is 11.6 Å². The van der Waals surface area contributed by atoms with Crippen molar-refractivity contribution >= 4 is 21.8 Å². The fourth-order valence-corrected chi connectivity index (χ4v) is 2.73. The number of aromatic hydroxyl groups is 1. The molecule has 120 valence electrons. The maximum atomic E-state index is 14.7. The Bertz CT molecular complexity index is 1090. The van der Waals surface area contributed by atoms with Crippen LogP contribution in [0.5, 0.6) is 17.4 Å². The number of nitrogens with one attached hydrogen (secondary N) is 1. The number of phenols is 1. The minimum Gasteiger partial charge on any atom is -0.508 e. The number of aryl methyl sites for hydroxylation is 2. The second-order valence-electron chi connectivity index (χ2n) is 5.73. The minimum absolute atomic E-state index is 0.0900. The molecule has 2 N–H and O–H groups in total. The molecule has 0 saturated carbocycles. The van der Waals surface area contributed by atoms with Crippen molar-refractivity contribution in [3.05, 3.63) is 53.7 Å². The highest BCUT2D eigenvalue weighted by atomic mass is 19.1. The third kappa shape index (κ3) is 2.23. The lowest BCUT2D eigenvalue weighted by molar-refractivity contribution is 0.434. The molecule has 4 rings (SSSR count). The summed E-state index contributed by atoms with van der Waals surface area (Å²) in [5.74, 6) is 0.0301. The normalized spacial score (nSPS) is 11.3. The number of rotatable bonds is 2. The molecule has 4 aromatic rings. The molecule has 2 aromatic heterocycles. The molecule has 0 aliphatic rings. The summed E-state index contributed by atoms with van der Waals surface area (Å²) in [7, 11) is 0. The van der Waals surface area contributed by atoms with Gasteiger partial charge < -0.3 is 14.8 Å². The Balaban J connectivity index is 1.85. The van der Waals surface area contributed by atoms with Crippen LogP contribution in [0.1, 0.15) is 11.3 Å². The van der Waals surface area contributed by atoms with E-state index in [0.717, 1.165) is 5.69 Å². The van der Waals surface area contributed by atoms with Crippen LogP contribution in [0.3, 0.4) is 0 Å². The van der Waals surface area contributed by atoms with Gasteiger partial charge in [-0.2, -0.15) is 0 Å². The van der Waals surface area contributed by atoms with Crippen molar-refractivity contribution in [2.75, 3.05) is 0 Å². The van der Waals surface area contributed by atoms with Crippen LogP contribution >= 0.6 is 0 Å². The molecule has 0 spiro atoms. The van der Waals surface area contributed by atoms with Crippen LogP contribution in [0.15, 0.2) is 36.7 Å². The smallest absolute Gasteiger partial charge is 0.230 e. The van der Waals surface area contributed by atoms with Crippen molar-refractivity contribution in [3.8, 4) is 17.4 Å². The lowest BCUT2D eigenvalue weighted by atomic mass is 10.1. The summed E-state index contributed by atoms with van der Waals surface area (Å²) < 4.78 is 20.4. The second-order valence-corrected chi connectivity index (χ2v) is 5.73. The molecule has 0 atom stereocenters. The fraction of sp³-hybridized carbons (Fsp3) is 0.111. The summed E-state index contributed by atoms with van der Waals surface area (Å²) in [6.45, 7) is 3.63. The monoisotopic (exact) mass is 323 g/mol. The molecule has 2 heterocycles. The SMILES string of the molecule is Cc1cc2c(F)c(Oc3ncnc4cc(O)c(C)cc34)ccc2[nH]1. The number of nitrogens with zero attached hydrogens (tertiary/aromatic N) is 2. The number of H-pyrrole nitrogens is 1. The van der Waals surface area contributed by atoms with E-state index in [-0.39, 0.29) is 17.4 Å². The lowest BCUT2D eigenvalue weighted by Crippen LogP contribution is -1.94. The van der Waals surface area contributed by atoms with Crippen LogP contribution in [0.2, 0.25) is 0 Å². The maximum Gasteiger partial charge on any atom is 0.230 e. The first kappa shape index (κ1) is 14.4. The average Bonchev–Trinajstić information content (AvgIpc) is 2.93. The quantitative estimate of drug-likeness (QED) is 0.575. The first-order valence-corrected chi connectivity index (χ1v) is 7.43. The number of phenolic OH excluding ortho intramolecular Hbond substituents is 1. The minimum atomic E-state index is -0.445. The Morgan fingerprint density at radius 2 is 1.92 bits per heavy atom. The van der Waals surface area contributed by atoms with Crippen LogP contribution in [0.25, 0.3) is 21.8 Å². The third-order valence-corrected chi connectivity index (χ3v) is 3.96. The zero-order chi connectivity index (χ0) is 16.8. The van der Waals surface area contributed by atoms with Crippen LogP contribution in [-0.2, 0) is 0 Å². The number of benzene rings is 2. The Morgan fingerprint density at radius 1 is 1.08 bits per heavy atom. The predicted molar refractivity (Wildman–Crippen MR) is 89.0 cm³/mol. The summed E-state index contributed by atoms with van der Waals surface area (Å²) in [6, 6.07) is 8.32. The average molecular weight is 323 g/mol. The van der Waals surface area contributed by atoms with Crippen molar-refractivity contribution < 1.29 is 14.2 Å². The van der Waals surface area contributed by atoms with Gasteiger partial charge in [0, 0.05) is 22.7 Å². The van der Waals surface area contributed by atoms with Crippen molar-refractivity contribution in [2.24, 2.45) is 0 Å². The maximum absolute atomic E-state index is 14.7. The highest BCUT2D eigenvalue weighted by Gasteiger charge is 2.14. The molecule has 0 saturated heterocycles. The molecule has 0 fully saturated rings. The topological polar surface area (TPSA) is 71.0 Å². The molecule has 0 bridgehead atoms. The molecule has 0 aliphatic carbocycles. The number of fused-ring (bicyclic) bond motifs is 2. The van der Waals surface area contributed by atoms with E-state index in [1.165, 1.54) is 12.4 Å². The van der Waals surface area contributed by atoms with E-state index in [9.17, 15) is 9.50 Å². The predicted octanol–water partition coefficient (Wildman–Crippen LogP) is 4.36. The molecular formula is C18H14FN3O2. The van der Waals surface area contributed by atoms with Gasteiger partial charge in [0.25, 0.3) is 0 Å². The zero-order valence-corrected chi connectivity index (χ0v) is 13.1. The Labute approximate surface area is 136 Å². The van der Waals surface area contributed by atoms with E-state index in [2.05, 4.69) is 15.0 Å². The Kier molecular flexibility index (Phi) is 3.13. The van der Waals surface area contributed by atoms with Gasteiger partial charge in [-0.3, -0.25) is 0 Å². The van der Waals surface area contributed by atoms with E-state index in [4.69, 9.17) is 4.74 Å². The van der Waals surface area contributed by atoms with Crippen LogP contribution < -0.4 is 4.74 Å². The Morgan fingerprint density at radius 3 is 2.75 bits per heavy atom. The van der Waals surface area contributed by atoms with Gasteiger partial charge in [0.05, 0.1) is 10.9 Å². The summed E-state index contributed by atoms with van der Waals surface area (Å²) in [4.78, 5) is 11.3. The van der Waals surface area contributed by atoms with Crippen LogP contribution in [0.4, 0.5) is 4.39 Å². The highest BCUT2D eigenvalue weighted by molar-refractivity contribution is 5.86. The largest absolute Gasteiger partial charge is 0.508 e. The van der Waals surface area contributed by atoms with Gasteiger partial charge in [-0.1, -0.05) is 0 Å². The van der Waals surface area contributed by atoms with E-state index in [1.807, 2.05) is 6.92 Å². The Hall–Kier alpha value is -3.15. The number of aromatic nitrogens is 3. The highest BCUT2D eigenvalue weighted by Crippen LogP contribution is 2.34. The zero-order valence-electron chi connectivity index (χ0n) is 13.1. The van der Waals surface area contributed by atoms with Gasteiger partial charge in [0.2, 0.25) is 5.88 Å².